The van der Waals surface area contributed by atoms with Crippen LogP contribution in [0.25, 0.3) is 0 Å². The second kappa shape index (κ2) is 15.6. The number of pyridine rings is 1. The largest absolute Gasteiger partial charge is 0.482 e. The Morgan fingerprint density at radius 3 is 2.16 bits per heavy atom. The predicted octanol–water partition coefficient (Wildman–Crippen LogP) is 6.50. The van der Waals surface area contributed by atoms with Gasteiger partial charge in [0.15, 0.2) is 5.75 Å². The summed E-state index contributed by atoms with van der Waals surface area (Å²) in [6, 6.07) is 36.4. The van der Waals surface area contributed by atoms with Gasteiger partial charge in [0, 0.05) is 37.5 Å². The summed E-state index contributed by atoms with van der Waals surface area (Å²) in [6.45, 7) is 0.633. The number of aliphatic hydroxyl groups excluding tert-OH is 2. The lowest BCUT2D eigenvalue weighted by molar-refractivity contribution is -0.386. The third-order valence-corrected chi connectivity index (χ3v) is 7.42. The SMILES string of the molecule is O=[N+]([O-])c1cc([C@@H](O)CN(Cc2ccccc2)[C@H](CO)Cc2ccc(Oc3ccccn3)cc2)ccc1OCc1ccccc1. The van der Waals surface area contributed by atoms with Crippen LogP contribution < -0.4 is 9.47 Å². The normalized spacial score (nSPS) is 12.4. The zero-order valence-corrected chi connectivity index (χ0v) is 24.7. The van der Waals surface area contributed by atoms with Gasteiger partial charge in [-0.25, -0.2) is 4.98 Å². The first-order chi connectivity index (χ1) is 22.0. The van der Waals surface area contributed by atoms with Crippen molar-refractivity contribution < 1.29 is 24.6 Å². The molecule has 1 heterocycles. The lowest BCUT2D eigenvalue weighted by atomic mass is 10.0. The molecule has 2 N–H and O–H groups in total. The van der Waals surface area contributed by atoms with Crippen LogP contribution in [0.3, 0.4) is 0 Å². The van der Waals surface area contributed by atoms with Gasteiger partial charge in [-0.3, -0.25) is 15.0 Å². The molecular formula is C36H35N3O6. The van der Waals surface area contributed by atoms with Crippen molar-refractivity contribution in [3.05, 3.63) is 160 Å². The van der Waals surface area contributed by atoms with Crippen LogP contribution in [-0.4, -0.2) is 44.2 Å². The second-order valence-electron chi connectivity index (χ2n) is 10.6. The number of hydrogen-bond donors (Lipinski definition) is 2. The van der Waals surface area contributed by atoms with Crippen LogP contribution in [0.5, 0.6) is 17.4 Å². The minimum absolute atomic E-state index is 0.129. The molecule has 0 spiro atoms. The molecule has 0 bridgehead atoms. The molecule has 9 heteroatoms. The van der Waals surface area contributed by atoms with Crippen molar-refractivity contribution in [2.24, 2.45) is 0 Å². The number of aromatic nitrogens is 1. The van der Waals surface area contributed by atoms with Gasteiger partial charge < -0.3 is 19.7 Å². The second-order valence-corrected chi connectivity index (χ2v) is 10.6. The minimum atomic E-state index is -1.06. The first-order valence-corrected chi connectivity index (χ1v) is 14.7. The standard InChI is InChI=1S/C36H35N3O6/c40-25-31(21-27-14-17-32(18-15-27)45-36-13-7-8-20-37-36)38(23-28-9-3-1-4-10-28)24-34(41)30-16-19-35(33(22-30)39(42)43)44-26-29-11-5-2-6-12-29/h1-20,22,31,34,40-41H,21,23-26H2/t31-,34-/m0/s1. The average molecular weight is 606 g/mol. The van der Waals surface area contributed by atoms with Crippen molar-refractivity contribution in [1.29, 1.82) is 0 Å². The molecule has 5 rings (SSSR count). The van der Waals surface area contributed by atoms with E-state index in [2.05, 4.69) is 4.98 Å². The molecule has 0 saturated heterocycles. The van der Waals surface area contributed by atoms with E-state index >= 15 is 0 Å². The average Bonchev–Trinajstić information content (AvgIpc) is 3.08. The number of hydrogen-bond acceptors (Lipinski definition) is 8. The smallest absolute Gasteiger partial charge is 0.311 e. The number of aliphatic hydroxyl groups is 2. The van der Waals surface area contributed by atoms with Crippen molar-refractivity contribution in [3.8, 4) is 17.4 Å². The van der Waals surface area contributed by atoms with Crippen molar-refractivity contribution in [3.63, 3.8) is 0 Å². The highest BCUT2D eigenvalue weighted by atomic mass is 16.6. The zero-order valence-electron chi connectivity index (χ0n) is 24.7. The van der Waals surface area contributed by atoms with E-state index in [9.17, 15) is 20.3 Å². The number of rotatable bonds is 15. The fourth-order valence-electron chi connectivity index (χ4n) is 5.03. The van der Waals surface area contributed by atoms with Crippen LogP contribution >= 0.6 is 0 Å². The van der Waals surface area contributed by atoms with E-state index in [1.807, 2.05) is 102 Å². The van der Waals surface area contributed by atoms with Crippen molar-refractivity contribution in [2.75, 3.05) is 13.2 Å². The number of nitro benzene ring substituents is 1. The molecule has 0 radical (unpaired) electrons. The summed E-state index contributed by atoms with van der Waals surface area (Å²) in [7, 11) is 0. The number of nitro groups is 1. The summed E-state index contributed by atoms with van der Waals surface area (Å²) in [5, 5.41) is 33.8. The maximum Gasteiger partial charge on any atom is 0.311 e. The predicted molar refractivity (Wildman–Crippen MR) is 171 cm³/mol. The van der Waals surface area contributed by atoms with Crippen LogP contribution in [0.2, 0.25) is 0 Å². The van der Waals surface area contributed by atoms with Gasteiger partial charge in [-0.05, 0) is 52.9 Å². The molecule has 0 aliphatic carbocycles. The molecule has 0 fully saturated rings. The molecule has 4 aromatic carbocycles. The monoisotopic (exact) mass is 605 g/mol. The van der Waals surface area contributed by atoms with Gasteiger partial charge in [-0.1, -0.05) is 84.9 Å². The van der Waals surface area contributed by atoms with E-state index in [0.29, 0.717) is 30.2 Å². The first kappa shape index (κ1) is 31.3. The van der Waals surface area contributed by atoms with E-state index in [0.717, 1.165) is 16.7 Å². The zero-order chi connectivity index (χ0) is 31.4. The fraction of sp³-hybridized carbons (Fsp3) is 0.194. The third kappa shape index (κ3) is 8.96. The Hall–Kier alpha value is -5.09. The Balaban J connectivity index is 1.32. The number of nitrogens with zero attached hydrogens (tertiary/aromatic N) is 3. The highest BCUT2D eigenvalue weighted by Crippen LogP contribution is 2.32. The Morgan fingerprint density at radius 2 is 1.51 bits per heavy atom. The van der Waals surface area contributed by atoms with Gasteiger partial charge in [-0.2, -0.15) is 0 Å². The maximum absolute atomic E-state index is 11.9. The Bertz CT molecular complexity index is 1640. The molecule has 230 valence electrons. The number of ether oxygens (including phenoxy) is 2. The summed E-state index contributed by atoms with van der Waals surface area (Å²) in [5.41, 5.74) is 3.05. The molecule has 0 amide bonds. The molecule has 2 atom stereocenters. The van der Waals surface area contributed by atoms with Crippen molar-refractivity contribution in [2.45, 2.75) is 31.7 Å². The molecular weight excluding hydrogens is 570 g/mol. The molecule has 0 saturated carbocycles. The van der Waals surface area contributed by atoms with Gasteiger partial charge in [-0.15, -0.1) is 0 Å². The summed E-state index contributed by atoms with van der Waals surface area (Å²) in [6.07, 6.45) is 1.11. The minimum Gasteiger partial charge on any atom is -0.482 e. The lowest BCUT2D eigenvalue weighted by Gasteiger charge is -2.32. The van der Waals surface area contributed by atoms with Gasteiger partial charge in [0.2, 0.25) is 5.88 Å². The van der Waals surface area contributed by atoms with Crippen LogP contribution in [0, 0.1) is 10.1 Å². The Morgan fingerprint density at radius 1 is 0.822 bits per heavy atom. The van der Waals surface area contributed by atoms with Crippen molar-refractivity contribution >= 4 is 5.69 Å². The van der Waals surface area contributed by atoms with Gasteiger partial charge in [0.25, 0.3) is 0 Å². The molecule has 5 aromatic rings. The van der Waals surface area contributed by atoms with Gasteiger partial charge >= 0.3 is 5.69 Å². The summed E-state index contributed by atoms with van der Waals surface area (Å²) >= 11 is 0. The van der Waals surface area contributed by atoms with E-state index in [-0.39, 0.29) is 37.2 Å². The molecule has 0 unspecified atom stereocenters. The topological polar surface area (TPSA) is 118 Å². The first-order valence-electron chi connectivity index (χ1n) is 14.7. The summed E-state index contributed by atoms with van der Waals surface area (Å²) in [5.74, 6) is 1.27. The highest BCUT2D eigenvalue weighted by Gasteiger charge is 2.25. The van der Waals surface area contributed by atoms with Crippen molar-refractivity contribution in [1.82, 2.24) is 9.88 Å². The van der Waals surface area contributed by atoms with Crippen LogP contribution in [0.4, 0.5) is 5.69 Å². The molecule has 9 nitrogen and oxygen atoms in total. The third-order valence-electron chi connectivity index (χ3n) is 7.42. The summed E-state index contributed by atoms with van der Waals surface area (Å²) in [4.78, 5) is 17.6. The van der Waals surface area contributed by atoms with Crippen LogP contribution in [-0.2, 0) is 19.6 Å². The quantitative estimate of drug-likeness (QED) is 0.103. The summed E-state index contributed by atoms with van der Waals surface area (Å²) < 4.78 is 11.6. The molecule has 1 aromatic heterocycles. The van der Waals surface area contributed by atoms with E-state index in [4.69, 9.17) is 9.47 Å². The lowest BCUT2D eigenvalue weighted by Crippen LogP contribution is -2.41. The molecule has 0 aliphatic heterocycles. The van der Waals surface area contributed by atoms with Gasteiger partial charge in [0.1, 0.15) is 12.4 Å². The van der Waals surface area contributed by atoms with Crippen LogP contribution in [0.15, 0.2) is 128 Å². The van der Waals surface area contributed by atoms with E-state index in [1.165, 1.54) is 12.1 Å². The van der Waals surface area contributed by atoms with Crippen LogP contribution in [0.1, 0.15) is 28.4 Å². The Labute approximate surface area is 262 Å². The highest BCUT2D eigenvalue weighted by molar-refractivity contribution is 5.49. The number of benzene rings is 4. The Kier molecular flexibility index (Phi) is 10.9. The maximum atomic E-state index is 11.9. The van der Waals surface area contributed by atoms with E-state index in [1.54, 1.807) is 18.3 Å². The molecule has 45 heavy (non-hydrogen) atoms. The van der Waals surface area contributed by atoms with Gasteiger partial charge in [0.05, 0.1) is 17.6 Å². The molecule has 0 aliphatic rings. The fourth-order valence-corrected chi connectivity index (χ4v) is 5.03. The van der Waals surface area contributed by atoms with E-state index < -0.39 is 11.0 Å².